The lowest BCUT2D eigenvalue weighted by Gasteiger charge is -2.14. The van der Waals surface area contributed by atoms with Crippen LogP contribution in [0.25, 0.3) is 0 Å². The molecule has 0 bridgehead atoms. The Labute approximate surface area is 114 Å². The maximum absolute atomic E-state index is 5.99. The number of rotatable bonds is 3. The molecule has 3 nitrogen and oxygen atoms in total. The summed E-state index contributed by atoms with van der Waals surface area (Å²) in [5.74, 6) is 5.57. The minimum absolute atomic E-state index is 0.172. The van der Waals surface area contributed by atoms with Gasteiger partial charge in [0.25, 0.3) is 0 Å². The van der Waals surface area contributed by atoms with Crippen molar-refractivity contribution in [3.05, 3.63) is 49.9 Å². The van der Waals surface area contributed by atoms with Crippen molar-refractivity contribution in [1.82, 2.24) is 10.4 Å². The second-order valence-corrected chi connectivity index (χ2v) is 5.44. The van der Waals surface area contributed by atoms with Gasteiger partial charge >= 0.3 is 0 Å². The molecule has 0 aliphatic carbocycles. The molecule has 1 aromatic carbocycles. The Kier molecular flexibility index (Phi) is 4.01. The Balaban J connectivity index is 2.38. The van der Waals surface area contributed by atoms with Crippen LogP contribution in [0.2, 0.25) is 10.0 Å². The molecule has 0 saturated heterocycles. The number of nitrogens with two attached hydrogens (primary N) is 1. The van der Waals surface area contributed by atoms with Crippen molar-refractivity contribution in [2.75, 3.05) is 0 Å². The van der Waals surface area contributed by atoms with Gasteiger partial charge in [-0.05, 0) is 24.6 Å². The monoisotopic (exact) mass is 287 g/mol. The first-order valence-corrected chi connectivity index (χ1v) is 6.58. The number of aryl methyl sites for hydroxylation is 1. The van der Waals surface area contributed by atoms with E-state index in [1.54, 1.807) is 23.5 Å². The lowest BCUT2D eigenvalue weighted by atomic mass is 10.1. The van der Waals surface area contributed by atoms with Crippen LogP contribution >= 0.6 is 34.5 Å². The van der Waals surface area contributed by atoms with Crippen molar-refractivity contribution < 1.29 is 0 Å². The van der Waals surface area contributed by atoms with Crippen LogP contribution in [-0.4, -0.2) is 4.98 Å². The second-order valence-electron chi connectivity index (χ2n) is 3.56. The summed E-state index contributed by atoms with van der Waals surface area (Å²) >= 11 is 13.5. The summed E-state index contributed by atoms with van der Waals surface area (Å²) in [6.45, 7) is 1.95. The maximum Gasteiger partial charge on any atom is 0.0898 e. The average molecular weight is 288 g/mol. The number of halogens is 2. The molecular weight excluding hydrogens is 277 g/mol. The molecular formula is C11H11Cl2N3S. The molecule has 0 aliphatic rings. The van der Waals surface area contributed by atoms with E-state index in [9.17, 15) is 0 Å². The molecule has 1 unspecified atom stereocenters. The first-order valence-electron chi connectivity index (χ1n) is 4.95. The minimum Gasteiger partial charge on any atom is -0.271 e. The van der Waals surface area contributed by atoms with Crippen molar-refractivity contribution >= 4 is 34.5 Å². The third kappa shape index (κ3) is 2.78. The largest absolute Gasteiger partial charge is 0.271 e. The molecule has 0 amide bonds. The lowest BCUT2D eigenvalue weighted by Crippen LogP contribution is -2.29. The van der Waals surface area contributed by atoms with Gasteiger partial charge in [-0.3, -0.25) is 5.84 Å². The van der Waals surface area contributed by atoms with Crippen LogP contribution in [-0.2, 0) is 0 Å². The van der Waals surface area contributed by atoms with Gasteiger partial charge in [0.1, 0.15) is 0 Å². The van der Waals surface area contributed by atoms with Crippen molar-refractivity contribution in [2.24, 2.45) is 5.84 Å². The Morgan fingerprint density at radius 3 is 2.65 bits per heavy atom. The van der Waals surface area contributed by atoms with Gasteiger partial charge in [0.2, 0.25) is 0 Å². The summed E-state index contributed by atoms with van der Waals surface area (Å²) in [4.78, 5) is 4.41. The number of thiazole rings is 1. The summed E-state index contributed by atoms with van der Waals surface area (Å²) in [6, 6.07) is 5.26. The van der Waals surface area contributed by atoms with Gasteiger partial charge < -0.3 is 0 Å². The molecule has 17 heavy (non-hydrogen) atoms. The van der Waals surface area contributed by atoms with Crippen LogP contribution in [0.1, 0.15) is 22.3 Å². The van der Waals surface area contributed by atoms with Crippen LogP contribution < -0.4 is 11.3 Å². The van der Waals surface area contributed by atoms with Crippen LogP contribution in [0.3, 0.4) is 0 Å². The third-order valence-corrected chi connectivity index (χ3v) is 3.91. The molecule has 0 saturated carbocycles. The zero-order valence-electron chi connectivity index (χ0n) is 9.08. The van der Waals surface area contributed by atoms with Gasteiger partial charge in [-0.2, -0.15) is 0 Å². The molecule has 6 heteroatoms. The van der Waals surface area contributed by atoms with E-state index in [0.29, 0.717) is 10.0 Å². The predicted octanol–water partition coefficient (Wildman–Crippen LogP) is 3.31. The molecule has 0 spiro atoms. The topological polar surface area (TPSA) is 50.9 Å². The Morgan fingerprint density at radius 1 is 1.35 bits per heavy atom. The molecule has 0 fully saturated rings. The summed E-state index contributed by atoms with van der Waals surface area (Å²) in [5.41, 5.74) is 4.56. The normalized spacial score (nSPS) is 12.7. The fourth-order valence-corrected chi connectivity index (χ4v) is 2.50. The first kappa shape index (κ1) is 12.8. The maximum atomic E-state index is 5.99. The van der Waals surface area contributed by atoms with E-state index >= 15 is 0 Å². The number of aromatic nitrogens is 1. The van der Waals surface area contributed by atoms with E-state index in [4.69, 9.17) is 29.0 Å². The second kappa shape index (κ2) is 5.33. The molecule has 1 heterocycles. The zero-order chi connectivity index (χ0) is 12.4. The molecule has 0 radical (unpaired) electrons. The summed E-state index contributed by atoms with van der Waals surface area (Å²) in [6.07, 6.45) is 0. The highest BCUT2D eigenvalue weighted by Gasteiger charge is 2.16. The highest BCUT2D eigenvalue weighted by atomic mass is 35.5. The van der Waals surface area contributed by atoms with E-state index in [1.165, 1.54) is 0 Å². The highest BCUT2D eigenvalue weighted by molar-refractivity contribution is 7.09. The fourth-order valence-electron chi connectivity index (χ4n) is 1.56. The summed E-state index contributed by atoms with van der Waals surface area (Å²) in [7, 11) is 0. The number of hydrogen-bond donors (Lipinski definition) is 2. The molecule has 2 aromatic rings. The fraction of sp³-hybridized carbons (Fsp3) is 0.182. The SMILES string of the molecule is Cc1nc(C(NN)c2ccc(Cl)c(Cl)c2)cs1. The Morgan fingerprint density at radius 2 is 2.12 bits per heavy atom. The van der Waals surface area contributed by atoms with E-state index in [1.807, 2.05) is 18.4 Å². The van der Waals surface area contributed by atoms with Crippen LogP contribution in [0, 0.1) is 6.92 Å². The smallest absolute Gasteiger partial charge is 0.0898 e. The number of nitrogens with one attached hydrogen (secondary N) is 1. The van der Waals surface area contributed by atoms with E-state index in [0.717, 1.165) is 16.3 Å². The number of nitrogens with zero attached hydrogens (tertiary/aromatic N) is 1. The van der Waals surface area contributed by atoms with Crippen LogP contribution in [0.5, 0.6) is 0 Å². The number of hydrogen-bond acceptors (Lipinski definition) is 4. The first-order chi connectivity index (χ1) is 8.11. The molecule has 1 atom stereocenters. The van der Waals surface area contributed by atoms with Gasteiger partial charge in [0.15, 0.2) is 0 Å². The van der Waals surface area contributed by atoms with Crippen LogP contribution in [0.4, 0.5) is 0 Å². The van der Waals surface area contributed by atoms with E-state index in [2.05, 4.69) is 10.4 Å². The predicted molar refractivity (Wildman–Crippen MR) is 72.5 cm³/mol. The molecule has 3 N–H and O–H groups in total. The molecule has 90 valence electrons. The van der Waals surface area contributed by atoms with Gasteiger partial charge in [-0.1, -0.05) is 29.3 Å². The molecule has 1 aromatic heterocycles. The summed E-state index contributed by atoms with van der Waals surface area (Å²) in [5, 5.41) is 4.01. The van der Waals surface area contributed by atoms with Gasteiger partial charge in [0.05, 0.1) is 26.8 Å². The van der Waals surface area contributed by atoms with Crippen molar-refractivity contribution in [1.29, 1.82) is 0 Å². The van der Waals surface area contributed by atoms with Gasteiger partial charge in [-0.25, -0.2) is 10.4 Å². The van der Waals surface area contributed by atoms with Gasteiger partial charge in [-0.15, -0.1) is 11.3 Å². The van der Waals surface area contributed by atoms with Crippen molar-refractivity contribution in [3.8, 4) is 0 Å². The average Bonchev–Trinajstić information content (AvgIpc) is 2.71. The molecule has 0 aliphatic heterocycles. The summed E-state index contributed by atoms with van der Waals surface area (Å²) < 4.78 is 0. The van der Waals surface area contributed by atoms with E-state index in [-0.39, 0.29) is 6.04 Å². The minimum atomic E-state index is -0.172. The Hall–Kier alpha value is -0.650. The number of benzene rings is 1. The lowest BCUT2D eigenvalue weighted by molar-refractivity contribution is 0.623. The van der Waals surface area contributed by atoms with Gasteiger partial charge in [0, 0.05) is 5.38 Å². The number of hydrazine groups is 1. The highest BCUT2D eigenvalue weighted by Crippen LogP contribution is 2.28. The third-order valence-electron chi connectivity index (χ3n) is 2.38. The standard InChI is InChI=1S/C11H11Cl2N3S/c1-6-15-10(5-17-6)11(16-14)7-2-3-8(12)9(13)4-7/h2-5,11,16H,14H2,1H3. The van der Waals surface area contributed by atoms with Crippen molar-refractivity contribution in [3.63, 3.8) is 0 Å². The van der Waals surface area contributed by atoms with E-state index < -0.39 is 0 Å². The zero-order valence-corrected chi connectivity index (χ0v) is 11.4. The quantitative estimate of drug-likeness (QED) is 0.673. The Bertz CT molecular complexity index is 527. The van der Waals surface area contributed by atoms with Crippen molar-refractivity contribution in [2.45, 2.75) is 13.0 Å². The van der Waals surface area contributed by atoms with Crippen LogP contribution in [0.15, 0.2) is 23.6 Å². The molecule has 2 rings (SSSR count).